The Balaban J connectivity index is 2.29. The van der Waals surface area contributed by atoms with E-state index in [1.165, 1.54) is 5.57 Å². The van der Waals surface area contributed by atoms with Crippen molar-refractivity contribution in [3.8, 4) is 0 Å². The molecule has 3 nitrogen and oxygen atoms in total. The maximum Gasteiger partial charge on any atom is 0.234 e. The highest BCUT2D eigenvalue weighted by Crippen LogP contribution is 2.36. The predicted molar refractivity (Wildman–Crippen MR) is 74.5 cm³/mol. The Bertz CT molecular complexity index is 474. The van der Waals surface area contributed by atoms with Crippen LogP contribution in [-0.4, -0.2) is 25.0 Å². The van der Waals surface area contributed by atoms with E-state index >= 15 is 0 Å². The summed E-state index contributed by atoms with van der Waals surface area (Å²) in [4.78, 5) is 0. The molecule has 0 aromatic carbocycles. The lowest BCUT2D eigenvalue weighted by atomic mass is 9.83. The van der Waals surface area contributed by atoms with Gasteiger partial charge in [-0.2, -0.15) is 0 Å². The lowest BCUT2D eigenvalue weighted by Crippen LogP contribution is -2.37. The van der Waals surface area contributed by atoms with Gasteiger partial charge in [0.2, 0.25) is 10.0 Å². The second-order valence-corrected chi connectivity index (χ2v) is 7.68. The molecule has 1 unspecified atom stereocenters. The minimum absolute atomic E-state index is 0.186. The number of sulfonamides is 1. The molecule has 2 rings (SSSR count). The van der Waals surface area contributed by atoms with E-state index in [0.717, 1.165) is 25.0 Å². The van der Waals surface area contributed by atoms with Crippen molar-refractivity contribution in [1.29, 1.82) is 0 Å². The first-order valence-corrected chi connectivity index (χ1v) is 8.48. The number of rotatable bonds is 3. The van der Waals surface area contributed by atoms with Gasteiger partial charge >= 0.3 is 0 Å². The van der Waals surface area contributed by atoms with Crippen LogP contribution < -0.4 is 0 Å². The van der Waals surface area contributed by atoms with Gasteiger partial charge in [0.25, 0.3) is 0 Å². The SMILES string of the molecule is CCS(=O)(=O)N1CCCC2=CC(C(C)C)CC=C21. The van der Waals surface area contributed by atoms with Gasteiger partial charge in [0.1, 0.15) is 0 Å². The summed E-state index contributed by atoms with van der Waals surface area (Å²) in [6.45, 7) is 6.81. The average Bonchev–Trinajstić information content (AvgIpc) is 2.37. The van der Waals surface area contributed by atoms with Gasteiger partial charge in [0, 0.05) is 6.54 Å². The summed E-state index contributed by atoms with van der Waals surface area (Å²) >= 11 is 0. The fourth-order valence-corrected chi connectivity index (χ4v) is 3.92. The molecule has 0 bridgehead atoms. The van der Waals surface area contributed by atoms with Crippen molar-refractivity contribution in [2.75, 3.05) is 12.3 Å². The molecule has 102 valence electrons. The Morgan fingerprint density at radius 2 is 2.17 bits per heavy atom. The first kappa shape index (κ1) is 13.7. The molecule has 0 aromatic heterocycles. The molecule has 0 aromatic rings. The molecule has 1 aliphatic heterocycles. The van der Waals surface area contributed by atoms with Gasteiger partial charge in [-0.25, -0.2) is 8.42 Å². The van der Waals surface area contributed by atoms with Crippen molar-refractivity contribution in [2.45, 2.75) is 40.0 Å². The van der Waals surface area contributed by atoms with Crippen molar-refractivity contribution < 1.29 is 8.42 Å². The van der Waals surface area contributed by atoms with E-state index in [1.807, 2.05) is 0 Å². The Hall–Kier alpha value is -0.770. The molecule has 1 heterocycles. The van der Waals surface area contributed by atoms with Crippen molar-refractivity contribution in [1.82, 2.24) is 4.31 Å². The number of hydrogen-bond acceptors (Lipinski definition) is 2. The first-order chi connectivity index (χ1) is 8.45. The van der Waals surface area contributed by atoms with Crippen LogP contribution >= 0.6 is 0 Å². The Kier molecular flexibility index (Phi) is 3.85. The number of nitrogens with zero attached hydrogens (tertiary/aromatic N) is 1. The number of hydrogen-bond donors (Lipinski definition) is 0. The molecule has 0 N–H and O–H groups in total. The molecule has 0 saturated carbocycles. The summed E-state index contributed by atoms with van der Waals surface area (Å²) in [5.74, 6) is 1.37. The van der Waals surface area contributed by atoms with E-state index in [0.29, 0.717) is 18.4 Å². The summed E-state index contributed by atoms with van der Waals surface area (Å²) in [7, 11) is -3.11. The van der Waals surface area contributed by atoms with Crippen LogP contribution in [0.25, 0.3) is 0 Å². The largest absolute Gasteiger partial charge is 0.270 e. The van der Waals surface area contributed by atoms with Crippen LogP contribution in [0.1, 0.15) is 40.0 Å². The normalized spacial score (nSPS) is 24.7. The second-order valence-electron chi connectivity index (χ2n) is 5.50. The van der Waals surface area contributed by atoms with Crippen LogP contribution in [0.15, 0.2) is 23.4 Å². The Labute approximate surface area is 111 Å². The lowest BCUT2D eigenvalue weighted by Gasteiger charge is -2.36. The van der Waals surface area contributed by atoms with Crippen LogP contribution in [0.2, 0.25) is 0 Å². The highest BCUT2D eigenvalue weighted by Gasteiger charge is 2.30. The third-order valence-electron chi connectivity index (χ3n) is 3.96. The molecule has 4 heteroatoms. The number of allylic oxidation sites excluding steroid dienone is 3. The number of fused-ring (bicyclic) bond motifs is 1. The Morgan fingerprint density at radius 1 is 1.44 bits per heavy atom. The van der Waals surface area contributed by atoms with Crippen molar-refractivity contribution in [3.05, 3.63) is 23.4 Å². The predicted octanol–water partition coefficient (Wildman–Crippen LogP) is 2.92. The van der Waals surface area contributed by atoms with Crippen LogP contribution in [-0.2, 0) is 10.0 Å². The smallest absolute Gasteiger partial charge is 0.234 e. The highest BCUT2D eigenvalue weighted by molar-refractivity contribution is 7.89. The van der Waals surface area contributed by atoms with Crippen LogP contribution in [0.4, 0.5) is 0 Å². The fourth-order valence-electron chi connectivity index (χ4n) is 2.71. The topological polar surface area (TPSA) is 37.4 Å². The maximum absolute atomic E-state index is 12.1. The van der Waals surface area contributed by atoms with E-state index in [9.17, 15) is 8.42 Å². The van der Waals surface area contributed by atoms with E-state index in [2.05, 4.69) is 26.0 Å². The molecule has 0 radical (unpaired) electrons. The van der Waals surface area contributed by atoms with Gasteiger partial charge in [0.15, 0.2) is 0 Å². The molecule has 1 saturated heterocycles. The standard InChI is InChI=1S/C14H23NO2S/c1-4-18(16,17)15-9-5-6-13-10-12(11(2)3)7-8-14(13)15/h8,10-12H,4-7,9H2,1-3H3. The molecule has 1 aliphatic carbocycles. The van der Waals surface area contributed by atoms with Gasteiger partial charge in [-0.15, -0.1) is 0 Å². The molecular weight excluding hydrogens is 246 g/mol. The molecule has 0 amide bonds. The van der Waals surface area contributed by atoms with E-state index in [1.54, 1.807) is 11.2 Å². The van der Waals surface area contributed by atoms with Crippen LogP contribution in [0.3, 0.4) is 0 Å². The zero-order valence-corrected chi connectivity index (χ0v) is 12.3. The van der Waals surface area contributed by atoms with Gasteiger partial charge in [-0.05, 0) is 43.6 Å². The van der Waals surface area contributed by atoms with Gasteiger partial charge in [-0.3, -0.25) is 4.31 Å². The molecule has 18 heavy (non-hydrogen) atoms. The van der Waals surface area contributed by atoms with Gasteiger partial charge < -0.3 is 0 Å². The molecule has 1 fully saturated rings. The minimum atomic E-state index is -3.11. The zero-order chi connectivity index (χ0) is 13.3. The molecule has 1 atom stereocenters. The molecule has 0 spiro atoms. The van der Waals surface area contributed by atoms with Crippen molar-refractivity contribution in [2.24, 2.45) is 11.8 Å². The maximum atomic E-state index is 12.1. The zero-order valence-electron chi connectivity index (χ0n) is 11.5. The molecule has 2 aliphatic rings. The third kappa shape index (κ3) is 2.48. The first-order valence-electron chi connectivity index (χ1n) is 6.87. The van der Waals surface area contributed by atoms with Crippen LogP contribution in [0, 0.1) is 11.8 Å². The summed E-state index contributed by atoms with van der Waals surface area (Å²) in [6.07, 6.45) is 7.36. The third-order valence-corrected chi connectivity index (χ3v) is 5.74. The van der Waals surface area contributed by atoms with Gasteiger partial charge in [0.05, 0.1) is 11.4 Å². The summed E-state index contributed by atoms with van der Waals surface area (Å²) in [5, 5.41) is 0. The molecular formula is C14H23NO2S. The fraction of sp³-hybridized carbons (Fsp3) is 0.714. The highest BCUT2D eigenvalue weighted by atomic mass is 32.2. The summed E-state index contributed by atoms with van der Waals surface area (Å²) in [5.41, 5.74) is 2.20. The van der Waals surface area contributed by atoms with Crippen molar-refractivity contribution in [3.63, 3.8) is 0 Å². The van der Waals surface area contributed by atoms with E-state index in [-0.39, 0.29) is 5.75 Å². The van der Waals surface area contributed by atoms with Crippen LogP contribution in [0.5, 0.6) is 0 Å². The average molecular weight is 269 g/mol. The van der Waals surface area contributed by atoms with E-state index < -0.39 is 10.0 Å². The van der Waals surface area contributed by atoms with E-state index in [4.69, 9.17) is 0 Å². The monoisotopic (exact) mass is 269 g/mol. The van der Waals surface area contributed by atoms with Crippen molar-refractivity contribution >= 4 is 10.0 Å². The quantitative estimate of drug-likeness (QED) is 0.790. The Morgan fingerprint density at radius 3 is 2.78 bits per heavy atom. The number of piperidine rings is 1. The minimum Gasteiger partial charge on any atom is -0.270 e. The summed E-state index contributed by atoms with van der Waals surface area (Å²) in [6, 6.07) is 0. The summed E-state index contributed by atoms with van der Waals surface area (Å²) < 4.78 is 25.8. The lowest BCUT2D eigenvalue weighted by molar-refractivity contribution is 0.413. The van der Waals surface area contributed by atoms with Gasteiger partial charge in [-0.1, -0.05) is 26.0 Å². The second kappa shape index (κ2) is 5.08.